The summed E-state index contributed by atoms with van der Waals surface area (Å²) < 4.78 is 26.7. The van der Waals surface area contributed by atoms with Crippen LogP contribution in [0.25, 0.3) is 0 Å². The van der Waals surface area contributed by atoms with Crippen molar-refractivity contribution in [3.63, 3.8) is 0 Å². The number of aromatic nitrogens is 1. The largest absolute Gasteiger partial charge is 0.481 e. The molecular formula is C13H11ClN2O4S. The molecule has 0 unspecified atom stereocenters. The number of nitrogens with zero attached hydrogens (tertiary/aromatic N) is 1. The number of sulfonamides is 1. The maximum Gasteiger partial charge on any atom is 0.307 e. The van der Waals surface area contributed by atoms with E-state index in [1.807, 2.05) is 0 Å². The first kappa shape index (κ1) is 15.3. The molecule has 1 aromatic heterocycles. The molecular weight excluding hydrogens is 316 g/mol. The molecule has 1 heterocycles. The number of anilines is 1. The molecule has 8 heteroatoms. The summed E-state index contributed by atoms with van der Waals surface area (Å²) in [5.41, 5.74) is 0.689. The molecule has 0 amide bonds. The van der Waals surface area contributed by atoms with Crippen molar-refractivity contribution in [2.45, 2.75) is 11.3 Å². The van der Waals surface area contributed by atoms with Crippen molar-refractivity contribution in [2.24, 2.45) is 0 Å². The third-order valence-electron chi connectivity index (χ3n) is 2.60. The van der Waals surface area contributed by atoms with E-state index in [9.17, 15) is 13.2 Å². The van der Waals surface area contributed by atoms with Crippen molar-refractivity contribution in [1.29, 1.82) is 0 Å². The lowest BCUT2D eigenvalue weighted by atomic mass is 10.2. The van der Waals surface area contributed by atoms with Crippen LogP contribution in [0.2, 0.25) is 5.02 Å². The zero-order valence-electron chi connectivity index (χ0n) is 10.7. The number of carboxylic acids is 1. The topological polar surface area (TPSA) is 96.4 Å². The number of benzene rings is 1. The number of aliphatic carboxylic acids is 1. The lowest BCUT2D eigenvalue weighted by Gasteiger charge is -2.09. The van der Waals surface area contributed by atoms with Crippen LogP contribution in [-0.2, 0) is 21.2 Å². The van der Waals surface area contributed by atoms with E-state index in [0.717, 1.165) is 0 Å². The maximum atomic E-state index is 12.2. The van der Waals surface area contributed by atoms with E-state index in [1.165, 1.54) is 42.7 Å². The molecule has 0 atom stereocenters. The molecule has 0 spiro atoms. The number of nitrogens with one attached hydrogen (secondary N) is 1. The van der Waals surface area contributed by atoms with Gasteiger partial charge in [0.1, 0.15) is 0 Å². The van der Waals surface area contributed by atoms with Crippen molar-refractivity contribution >= 4 is 33.3 Å². The molecule has 0 aliphatic rings. The lowest BCUT2D eigenvalue weighted by Crippen LogP contribution is -2.13. The molecule has 6 nitrogen and oxygen atoms in total. The molecule has 0 saturated heterocycles. The molecule has 110 valence electrons. The van der Waals surface area contributed by atoms with Crippen LogP contribution in [0.5, 0.6) is 0 Å². The van der Waals surface area contributed by atoms with Gasteiger partial charge in [-0.25, -0.2) is 8.42 Å². The van der Waals surface area contributed by atoms with Crippen molar-refractivity contribution < 1.29 is 18.3 Å². The summed E-state index contributed by atoms with van der Waals surface area (Å²) in [6, 6.07) is 7.05. The van der Waals surface area contributed by atoms with Crippen LogP contribution in [-0.4, -0.2) is 24.5 Å². The molecule has 1 aromatic carbocycles. The zero-order valence-corrected chi connectivity index (χ0v) is 12.2. The van der Waals surface area contributed by atoms with E-state index in [2.05, 4.69) is 9.71 Å². The van der Waals surface area contributed by atoms with Crippen LogP contribution in [0.4, 0.5) is 5.69 Å². The number of carbonyl (C=O) groups is 1. The minimum atomic E-state index is -3.80. The first-order valence-corrected chi connectivity index (χ1v) is 7.67. The van der Waals surface area contributed by atoms with Gasteiger partial charge in [0.15, 0.2) is 0 Å². The summed E-state index contributed by atoms with van der Waals surface area (Å²) in [6.07, 6.45) is 2.59. The highest BCUT2D eigenvalue weighted by atomic mass is 35.5. The second kappa shape index (κ2) is 6.11. The Bertz CT molecular complexity index is 760. The highest BCUT2D eigenvalue weighted by Crippen LogP contribution is 2.23. The Balaban J connectivity index is 2.24. The van der Waals surface area contributed by atoms with Gasteiger partial charge in [-0.15, -0.1) is 0 Å². The standard InChI is InChI=1S/C13H11ClN2O4S/c14-11-5-6-15-8-12(11)16-21(19,20)10-3-1-9(2-4-10)7-13(17)18/h1-6,8,16H,7H2,(H,17,18). The van der Waals surface area contributed by atoms with E-state index in [4.69, 9.17) is 16.7 Å². The van der Waals surface area contributed by atoms with Gasteiger partial charge in [-0.05, 0) is 23.8 Å². The third kappa shape index (κ3) is 3.93. The first-order chi connectivity index (χ1) is 9.88. The Kier molecular flexibility index (Phi) is 4.44. The second-order valence-corrected chi connectivity index (χ2v) is 6.27. The van der Waals surface area contributed by atoms with Crippen LogP contribution in [0, 0.1) is 0 Å². The molecule has 0 aliphatic carbocycles. The third-order valence-corrected chi connectivity index (χ3v) is 4.31. The first-order valence-electron chi connectivity index (χ1n) is 5.81. The summed E-state index contributed by atoms with van der Waals surface area (Å²) in [5.74, 6) is -0.981. The minimum absolute atomic E-state index is 0.0107. The predicted molar refractivity (Wildman–Crippen MR) is 77.8 cm³/mol. The number of hydrogen-bond donors (Lipinski definition) is 2. The molecule has 2 rings (SSSR count). The number of hydrogen-bond acceptors (Lipinski definition) is 4. The normalized spacial score (nSPS) is 11.1. The summed E-state index contributed by atoms with van der Waals surface area (Å²) >= 11 is 5.87. The van der Waals surface area contributed by atoms with E-state index < -0.39 is 16.0 Å². The van der Waals surface area contributed by atoms with Crippen LogP contribution in [0.15, 0.2) is 47.6 Å². The van der Waals surface area contributed by atoms with Crippen molar-refractivity contribution in [3.05, 3.63) is 53.3 Å². The van der Waals surface area contributed by atoms with Crippen molar-refractivity contribution in [2.75, 3.05) is 4.72 Å². The van der Waals surface area contributed by atoms with Gasteiger partial charge >= 0.3 is 5.97 Å². The SMILES string of the molecule is O=C(O)Cc1ccc(S(=O)(=O)Nc2cnccc2Cl)cc1. The Labute approximate surface area is 126 Å². The fourth-order valence-electron chi connectivity index (χ4n) is 1.62. The van der Waals surface area contributed by atoms with E-state index >= 15 is 0 Å². The fraction of sp³-hybridized carbons (Fsp3) is 0.0769. The van der Waals surface area contributed by atoms with Gasteiger partial charge in [0.25, 0.3) is 10.0 Å². The summed E-state index contributed by atoms with van der Waals surface area (Å²) in [6.45, 7) is 0. The average molecular weight is 327 g/mol. The van der Waals surface area contributed by atoms with Crippen molar-refractivity contribution in [3.8, 4) is 0 Å². The monoisotopic (exact) mass is 326 g/mol. The molecule has 0 radical (unpaired) electrons. The lowest BCUT2D eigenvalue weighted by molar-refractivity contribution is -0.136. The highest BCUT2D eigenvalue weighted by Gasteiger charge is 2.16. The van der Waals surface area contributed by atoms with E-state index in [1.54, 1.807) is 0 Å². The Hall–Kier alpha value is -2.12. The number of pyridine rings is 1. The fourth-order valence-corrected chi connectivity index (χ4v) is 2.89. The molecule has 0 aliphatic heterocycles. The van der Waals surface area contributed by atoms with Gasteiger partial charge in [0.2, 0.25) is 0 Å². The van der Waals surface area contributed by atoms with Crippen LogP contribution in [0.3, 0.4) is 0 Å². The molecule has 2 N–H and O–H groups in total. The van der Waals surface area contributed by atoms with E-state index in [0.29, 0.717) is 5.56 Å². The Morgan fingerprint density at radius 3 is 2.48 bits per heavy atom. The molecule has 0 saturated carbocycles. The van der Waals surface area contributed by atoms with Crippen molar-refractivity contribution in [1.82, 2.24) is 4.98 Å². The number of rotatable bonds is 5. The van der Waals surface area contributed by atoms with Crippen LogP contribution < -0.4 is 4.72 Å². The Morgan fingerprint density at radius 1 is 1.24 bits per heavy atom. The summed E-state index contributed by atoms with van der Waals surface area (Å²) in [7, 11) is -3.80. The molecule has 21 heavy (non-hydrogen) atoms. The minimum Gasteiger partial charge on any atom is -0.481 e. The highest BCUT2D eigenvalue weighted by molar-refractivity contribution is 7.92. The summed E-state index contributed by atoms with van der Waals surface area (Å²) in [5, 5.41) is 8.90. The molecule has 2 aromatic rings. The van der Waals surface area contributed by atoms with Gasteiger partial charge in [0, 0.05) is 6.20 Å². The van der Waals surface area contributed by atoms with Gasteiger partial charge in [0.05, 0.1) is 28.2 Å². The maximum absolute atomic E-state index is 12.2. The number of halogens is 1. The molecule has 0 bridgehead atoms. The van der Waals surface area contributed by atoms with Gasteiger partial charge in [-0.3, -0.25) is 14.5 Å². The van der Waals surface area contributed by atoms with Gasteiger partial charge in [-0.2, -0.15) is 0 Å². The summed E-state index contributed by atoms with van der Waals surface area (Å²) in [4.78, 5) is 14.4. The zero-order chi connectivity index (χ0) is 15.5. The quantitative estimate of drug-likeness (QED) is 0.877. The second-order valence-electron chi connectivity index (χ2n) is 4.18. The van der Waals surface area contributed by atoms with Crippen LogP contribution in [0.1, 0.15) is 5.56 Å². The van der Waals surface area contributed by atoms with Gasteiger partial charge < -0.3 is 5.11 Å². The van der Waals surface area contributed by atoms with E-state index in [-0.39, 0.29) is 22.0 Å². The van der Waals surface area contributed by atoms with Crippen LogP contribution >= 0.6 is 11.6 Å². The average Bonchev–Trinajstić information content (AvgIpc) is 2.41. The molecule has 0 fully saturated rings. The predicted octanol–water partition coefficient (Wildman–Crippen LogP) is 2.16. The number of carboxylic acid groups (broad SMARTS) is 1. The smallest absolute Gasteiger partial charge is 0.307 e. The van der Waals surface area contributed by atoms with Gasteiger partial charge in [-0.1, -0.05) is 23.7 Å². The Morgan fingerprint density at radius 2 is 1.90 bits per heavy atom.